The summed E-state index contributed by atoms with van der Waals surface area (Å²) in [4.78, 5) is 0.399. The lowest BCUT2D eigenvalue weighted by Gasteiger charge is -2.22. The fraction of sp³-hybridized carbons (Fsp3) is 0.600. The smallest absolute Gasteiger partial charge is 0.207 e. The Hall–Kier alpha value is 0.170. The first-order valence-electron chi connectivity index (χ1n) is 5.53. The molecule has 20 heavy (non-hydrogen) atoms. The van der Waals surface area contributed by atoms with E-state index in [-0.39, 0.29) is 21.1 Å². The van der Waals surface area contributed by atoms with Gasteiger partial charge in [-0.3, -0.25) is 0 Å². The van der Waals surface area contributed by atoms with E-state index in [4.69, 9.17) is 11.6 Å². The molecule has 1 aromatic heterocycles. The molecule has 116 valence electrons. The molecule has 0 saturated heterocycles. The number of thiophene rings is 1. The number of alkyl halides is 4. The maximum Gasteiger partial charge on any atom is 0.402 e. The van der Waals surface area contributed by atoms with Crippen molar-refractivity contribution < 1.29 is 21.6 Å². The second-order valence-electron chi connectivity index (χ2n) is 3.94. The summed E-state index contributed by atoms with van der Waals surface area (Å²) in [6.45, 7) is -0.0756. The lowest BCUT2D eigenvalue weighted by molar-refractivity contribution is -0.136. The molecule has 3 nitrogen and oxygen atoms in total. The van der Waals surface area contributed by atoms with Crippen molar-refractivity contribution in [2.45, 2.75) is 30.3 Å². The van der Waals surface area contributed by atoms with Gasteiger partial charge in [0.25, 0.3) is 0 Å². The van der Waals surface area contributed by atoms with E-state index in [9.17, 15) is 21.6 Å². The standard InChI is InChI=1S/C10H12BrClF3NO2S2/c1-2-3-16(6-10(13,14)15)20(17,18)8-4-7(5-12)19-9(8)11/h4H,2-3,5-6H2,1H3. The molecular weight excluding hydrogens is 403 g/mol. The Morgan fingerprint density at radius 3 is 2.45 bits per heavy atom. The van der Waals surface area contributed by atoms with E-state index in [1.165, 1.54) is 6.07 Å². The van der Waals surface area contributed by atoms with Gasteiger partial charge in [0, 0.05) is 11.4 Å². The molecule has 0 radical (unpaired) electrons. The highest BCUT2D eigenvalue weighted by Crippen LogP contribution is 2.35. The molecule has 0 aliphatic carbocycles. The normalized spacial score (nSPS) is 13.2. The van der Waals surface area contributed by atoms with Gasteiger partial charge in [-0.25, -0.2) is 8.42 Å². The Kier molecular flexibility index (Phi) is 6.33. The van der Waals surface area contributed by atoms with Crippen LogP contribution in [0.2, 0.25) is 0 Å². The van der Waals surface area contributed by atoms with Crippen molar-refractivity contribution in [3.8, 4) is 0 Å². The zero-order valence-corrected chi connectivity index (χ0v) is 14.4. The van der Waals surface area contributed by atoms with Crippen LogP contribution in [0.1, 0.15) is 18.2 Å². The Morgan fingerprint density at radius 2 is 2.05 bits per heavy atom. The van der Waals surface area contributed by atoms with Crippen LogP contribution in [0.15, 0.2) is 14.7 Å². The van der Waals surface area contributed by atoms with Crippen LogP contribution in [0.5, 0.6) is 0 Å². The van der Waals surface area contributed by atoms with Crippen molar-refractivity contribution in [3.63, 3.8) is 0 Å². The molecule has 0 spiro atoms. The minimum Gasteiger partial charge on any atom is -0.207 e. The van der Waals surface area contributed by atoms with Gasteiger partial charge in [0.15, 0.2) is 0 Å². The van der Waals surface area contributed by atoms with E-state index in [0.29, 0.717) is 15.6 Å². The average molecular weight is 415 g/mol. The fourth-order valence-corrected chi connectivity index (χ4v) is 5.75. The molecule has 0 amide bonds. The van der Waals surface area contributed by atoms with E-state index < -0.39 is 22.7 Å². The second kappa shape index (κ2) is 6.95. The molecule has 0 N–H and O–H groups in total. The van der Waals surface area contributed by atoms with Crippen molar-refractivity contribution in [1.29, 1.82) is 0 Å². The van der Waals surface area contributed by atoms with Gasteiger partial charge in [-0.05, 0) is 28.4 Å². The zero-order valence-electron chi connectivity index (χ0n) is 10.4. The van der Waals surface area contributed by atoms with Crippen LogP contribution in [-0.2, 0) is 15.9 Å². The fourth-order valence-electron chi connectivity index (χ4n) is 1.51. The van der Waals surface area contributed by atoms with Gasteiger partial charge in [-0.1, -0.05) is 6.92 Å². The largest absolute Gasteiger partial charge is 0.402 e. The van der Waals surface area contributed by atoms with E-state index in [1.807, 2.05) is 0 Å². The van der Waals surface area contributed by atoms with Crippen LogP contribution in [-0.4, -0.2) is 32.0 Å². The van der Waals surface area contributed by atoms with E-state index in [1.54, 1.807) is 6.92 Å². The van der Waals surface area contributed by atoms with Crippen LogP contribution in [0.3, 0.4) is 0 Å². The summed E-state index contributed by atoms with van der Waals surface area (Å²) in [5.41, 5.74) is 0. The SMILES string of the molecule is CCCN(CC(F)(F)F)S(=O)(=O)c1cc(CCl)sc1Br. The van der Waals surface area contributed by atoms with E-state index in [0.717, 1.165) is 11.3 Å². The Bertz CT molecular complexity index is 559. The molecule has 1 heterocycles. The van der Waals surface area contributed by atoms with Gasteiger partial charge in [0.05, 0.1) is 9.67 Å². The first-order chi connectivity index (χ1) is 9.11. The van der Waals surface area contributed by atoms with Crippen LogP contribution in [0, 0.1) is 0 Å². The maximum atomic E-state index is 12.5. The predicted octanol–water partition coefficient (Wildman–Crippen LogP) is 4.21. The number of halogens is 5. The molecule has 0 aliphatic rings. The summed E-state index contributed by atoms with van der Waals surface area (Å²) in [6, 6.07) is 1.30. The lowest BCUT2D eigenvalue weighted by Crippen LogP contribution is -2.39. The number of nitrogens with zero attached hydrogens (tertiary/aromatic N) is 1. The van der Waals surface area contributed by atoms with Crippen molar-refractivity contribution in [3.05, 3.63) is 14.7 Å². The lowest BCUT2D eigenvalue weighted by atomic mass is 10.5. The highest BCUT2D eigenvalue weighted by Gasteiger charge is 2.37. The summed E-state index contributed by atoms with van der Waals surface area (Å²) in [7, 11) is -4.20. The molecule has 0 unspecified atom stereocenters. The Morgan fingerprint density at radius 1 is 1.45 bits per heavy atom. The summed E-state index contributed by atoms with van der Waals surface area (Å²) >= 11 is 9.77. The number of rotatable bonds is 6. The van der Waals surface area contributed by atoms with Crippen LogP contribution < -0.4 is 0 Å². The van der Waals surface area contributed by atoms with Crippen LogP contribution in [0.25, 0.3) is 0 Å². The molecule has 0 fully saturated rings. The zero-order chi connectivity index (χ0) is 15.6. The van der Waals surface area contributed by atoms with Crippen molar-refractivity contribution >= 4 is 48.9 Å². The second-order valence-corrected chi connectivity index (χ2v) is 8.57. The van der Waals surface area contributed by atoms with Gasteiger partial charge in [0.1, 0.15) is 11.4 Å². The number of sulfonamides is 1. The van der Waals surface area contributed by atoms with Crippen molar-refractivity contribution in [2.24, 2.45) is 0 Å². The van der Waals surface area contributed by atoms with Crippen LogP contribution in [0.4, 0.5) is 13.2 Å². The van der Waals surface area contributed by atoms with E-state index >= 15 is 0 Å². The first-order valence-corrected chi connectivity index (χ1v) is 9.11. The highest BCUT2D eigenvalue weighted by atomic mass is 79.9. The van der Waals surface area contributed by atoms with Crippen molar-refractivity contribution in [2.75, 3.05) is 13.1 Å². The van der Waals surface area contributed by atoms with Gasteiger partial charge in [0.2, 0.25) is 10.0 Å². The maximum absolute atomic E-state index is 12.5. The summed E-state index contributed by atoms with van der Waals surface area (Å²) in [5.74, 6) is 0.103. The molecule has 1 rings (SSSR count). The molecule has 0 saturated carbocycles. The highest BCUT2D eigenvalue weighted by molar-refractivity contribution is 9.11. The third kappa shape index (κ3) is 4.59. The minimum absolute atomic E-state index is 0.103. The predicted molar refractivity (Wildman–Crippen MR) is 76.7 cm³/mol. The summed E-state index contributed by atoms with van der Waals surface area (Å²) in [5, 5.41) is 0. The topological polar surface area (TPSA) is 37.4 Å². The van der Waals surface area contributed by atoms with Crippen molar-refractivity contribution in [1.82, 2.24) is 4.31 Å². The Labute approximate surface area is 132 Å². The molecule has 0 aromatic carbocycles. The quantitative estimate of drug-likeness (QED) is 0.654. The monoisotopic (exact) mass is 413 g/mol. The van der Waals surface area contributed by atoms with E-state index in [2.05, 4.69) is 15.9 Å². The van der Waals surface area contributed by atoms with Gasteiger partial charge in [-0.15, -0.1) is 22.9 Å². The third-order valence-electron chi connectivity index (χ3n) is 2.28. The first kappa shape index (κ1) is 18.2. The van der Waals surface area contributed by atoms with Gasteiger partial charge < -0.3 is 0 Å². The molecule has 0 atom stereocenters. The molecule has 1 aromatic rings. The van der Waals surface area contributed by atoms with Gasteiger partial charge in [-0.2, -0.15) is 17.5 Å². The number of hydrogen-bond acceptors (Lipinski definition) is 3. The molecular formula is C10H12BrClF3NO2S2. The molecule has 0 bridgehead atoms. The van der Waals surface area contributed by atoms with Crippen LogP contribution >= 0.6 is 38.9 Å². The third-order valence-corrected chi connectivity index (χ3v) is 6.83. The summed E-state index contributed by atoms with van der Waals surface area (Å²) in [6.07, 6.45) is -4.29. The van der Waals surface area contributed by atoms with Gasteiger partial charge >= 0.3 is 6.18 Å². The summed E-state index contributed by atoms with van der Waals surface area (Å²) < 4.78 is 62.9. The molecule has 10 heteroatoms. The minimum atomic E-state index is -4.58. The Balaban J connectivity index is 3.18. The average Bonchev–Trinajstić information content (AvgIpc) is 2.69. The molecule has 0 aliphatic heterocycles. The number of hydrogen-bond donors (Lipinski definition) is 0.